The van der Waals surface area contributed by atoms with Crippen LogP contribution in [-0.4, -0.2) is 21.2 Å². The molecule has 2 aromatic rings. The highest BCUT2D eigenvalue weighted by Crippen LogP contribution is 2.10. The van der Waals surface area contributed by atoms with E-state index in [1.54, 1.807) is 26.4 Å². The lowest BCUT2D eigenvalue weighted by Crippen LogP contribution is -2.38. The Balaban J connectivity index is 2.50. The van der Waals surface area contributed by atoms with Crippen LogP contribution in [0.2, 0.25) is 0 Å². The van der Waals surface area contributed by atoms with Gasteiger partial charge in [-0.15, -0.1) is 0 Å². The van der Waals surface area contributed by atoms with Gasteiger partial charge >= 0.3 is 5.69 Å². The molecule has 0 spiro atoms. The van der Waals surface area contributed by atoms with Crippen LogP contribution in [0.25, 0.3) is 0 Å². The Hall–Kier alpha value is -2.37. The average molecular weight is 246 g/mol. The molecule has 0 aromatic carbocycles. The van der Waals surface area contributed by atoms with E-state index in [0.717, 1.165) is 5.56 Å². The molecule has 0 saturated carbocycles. The van der Waals surface area contributed by atoms with Gasteiger partial charge in [-0.1, -0.05) is 6.07 Å². The molecule has 0 radical (unpaired) electrons. The van der Waals surface area contributed by atoms with Crippen molar-refractivity contribution >= 4 is 5.82 Å². The quantitative estimate of drug-likeness (QED) is 0.829. The SMILES string of the molecule is CNc1ncccc1Cn1c(=O)ccn(C)c1=O. The molecule has 6 nitrogen and oxygen atoms in total. The van der Waals surface area contributed by atoms with Gasteiger partial charge in [-0.25, -0.2) is 9.78 Å². The topological polar surface area (TPSA) is 68.9 Å². The molecule has 0 bridgehead atoms. The molecule has 0 aliphatic heterocycles. The van der Waals surface area contributed by atoms with E-state index >= 15 is 0 Å². The second-order valence-electron chi connectivity index (χ2n) is 3.89. The maximum atomic E-state index is 11.9. The van der Waals surface area contributed by atoms with E-state index in [1.165, 1.54) is 21.4 Å². The molecule has 0 unspecified atom stereocenters. The van der Waals surface area contributed by atoms with Gasteiger partial charge in [0.25, 0.3) is 5.56 Å². The summed E-state index contributed by atoms with van der Waals surface area (Å²) in [6.45, 7) is 0.205. The first kappa shape index (κ1) is 12.1. The fourth-order valence-corrected chi connectivity index (χ4v) is 1.72. The van der Waals surface area contributed by atoms with E-state index in [4.69, 9.17) is 0 Å². The summed E-state index contributed by atoms with van der Waals surface area (Å²) in [5, 5.41) is 2.93. The highest BCUT2D eigenvalue weighted by molar-refractivity contribution is 5.42. The lowest BCUT2D eigenvalue weighted by atomic mass is 10.2. The van der Waals surface area contributed by atoms with Gasteiger partial charge in [-0.2, -0.15) is 0 Å². The largest absolute Gasteiger partial charge is 0.373 e. The number of nitrogens with zero attached hydrogens (tertiary/aromatic N) is 3. The molecular formula is C12H14N4O2. The van der Waals surface area contributed by atoms with Gasteiger partial charge < -0.3 is 9.88 Å². The van der Waals surface area contributed by atoms with Gasteiger partial charge in [0.15, 0.2) is 0 Å². The Morgan fingerprint density at radius 3 is 2.83 bits per heavy atom. The second kappa shape index (κ2) is 4.87. The summed E-state index contributed by atoms with van der Waals surface area (Å²) in [6, 6.07) is 4.98. The van der Waals surface area contributed by atoms with Crippen LogP contribution in [0.5, 0.6) is 0 Å². The third kappa shape index (κ3) is 2.17. The summed E-state index contributed by atoms with van der Waals surface area (Å²) >= 11 is 0. The van der Waals surface area contributed by atoms with Crippen LogP contribution in [-0.2, 0) is 13.6 Å². The molecule has 94 valence electrons. The minimum Gasteiger partial charge on any atom is -0.373 e. The monoisotopic (exact) mass is 246 g/mol. The van der Waals surface area contributed by atoms with Crippen molar-refractivity contribution in [3.63, 3.8) is 0 Å². The number of rotatable bonds is 3. The summed E-state index contributed by atoms with van der Waals surface area (Å²) in [4.78, 5) is 27.7. The molecule has 18 heavy (non-hydrogen) atoms. The zero-order valence-electron chi connectivity index (χ0n) is 10.3. The second-order valence-corrected chi connectivity index (χ2v) is 3.89. The summed E-state index contributed by atoms with van der Waals surface area (Å²) < 4.78 is 2.55. The first-order chi connectivity index (χ1) is 8.63. The minimum absolute atomic E-state index is 0.205. The summed E-state index contributed by atoms with van der Waals surface area (Å²) in [6.07, 6.45) is 3.12. The number of aryl methyl sites for hydroxylation is 1. The van der Waals surface area contributed by atoms with E-state index in [1.807, 2.05) is 6.07 Å². The van der Waals surface area contributed by atoms with Gasteiger partial charge in [0.1, 0.15) is 5.82 Å². The van der Waals surface area contributed by atoms with Crippen LogP contribution >= 0.6 is 0 Å². The third-order valence-corrected chi connectivity index (χ3v) is 2.70. The number of hydrogen-bond donors (Lipinski definition) is 1. The van der Waals surface area contributed by atoms with Crippen molar-refractivity contribution in [2.24, 2.45) is 7.05 Å². The van der Waals surface area contributed by atoms with Crippen molar-refractivity contribution in [3.05, 3.63) is 57.0 Å². The van der Waals surface area contributed by atoms with Gasteiger partial charge in [0, 0.05) is 38.1 Å². The van der Waals surface area contributed by atoms with Gasteiger partial charge in [-0.05, 0) is 6.07 Å². The fourth-order valence-electron chi connectivity index (χ4n) is 1.72. The molecule has 2 heterocycles. The molecule has 0 amide bonds. The van der Waals surface area contributed by atoms with E-state index in [2.05, 4.69) is 10.3 Å². The average Bonchev–Trinajstić information content (AvgIpc) is 2.39. The maximum Gasteiger partial charge on any atom is 0.331 e. The Kier molecular flexibility index (Phi) is 3.27. The van der Waals surface area contributed by atoms with Crippen LogP contribution in [0, 0.1) is 0 Å². The highest BCUT2D eigenvalue weighted by atomic mass is 16.2. The van der Waals surface area contributed by atoms with Gasteiger partial charge in [0.2, 0.25) is 0 Å². The summed E-state index contributed by atoms with van der Waals surface area (Å²) in [5.74, 6) is 0.662. The number of nitrogens with one attached hydrogen (secondary N) is 1. The lowest BCUT2D eigenvalue weighted by molar-refractivity contribution is 0.639. The molecule has 6 heteroatoms. The Morgan fingerprint density at radius 1 is 1.33 bits per heavy atom. The Bertz CT molecular complexity index is 672. The lowest BCUT2D eigenvalue weighted by Gasteiger charge is -2.09. The highest BCUT2D eigenvalue weighted by Gasteiger charge is 2.07. The fraction of sp³-hybridized carbons (Fsp3) is 0.250. The normalized spacial score (nSPS) is 10.3. The molecule has 0 atom stereocenters. The predicted octanol–water partition coefficient (Wildman–Crippen LogP) is 0.0320. The summed E-state index contributed by atoms with van der Waals surface area (Å²) in [7, 11) is 3.36. The first-order valence-corrected chi connectivity index (χ1v) is 5.51. The molecule has 0 saturated heterocycles. The first-order valence-electron chi connectivity index (χ1n) is 5.51. The standard InChI is InChI=1S/C12H14N4O2/c1-13-11-9(4-3-6-14-11)8-16-10(17)5-7-15(2)12(16)18/h3-7H,8H2,1-2H3,(H,13,14). The van der Waals surface area contributed by atoms with Crippen LogP contribution in [0.4, 0.5) is 5.82 Å². The molecule has 0 aliphatic rings. The van der Waals surface area contributed by atoms with Gasteiger partial charge in [0.05, 0.1) is 6.54 Å². The maximum absolute atomic E-state index is 11.9. The van der Waals surface area contributed by atoms with Crippen molar-refractivity contribution in [3.8, 4) is 0 Å². The molecule has 0 fully saturated rings. The number of aromatic nitrogens is 3. The molecule has 2 aromatic heterocycles. The minimum atomic E-state index is -0.339. The van der Waals surface area contributed by atoms with E-state index in [-0.39, 0.29) is 17.8 Å². The Morgan fingerprint density at radius 2 is 2.11 bits per heavy atom. The van der Waals surface area contributed by atoms with Crippen LogP contribution in [0.1, 0.15) is 5.56 Å². The molecular weight excluding hydrogens is 232 g/mol. The number of pyridine rings is 1. The molecule has 2 rings (SSSR count). The number of hydrogen-bond acceptors (Lipinski definition) is 4. The molecule has 0 aliphatic carbocycles. The Labute approximate surface area is 104 Å². The number of anilines is 1. The van der Waals surface area contributed by atoms with Crippen LogP contribution < -0.4 is 16.6 Å². The van der Waals surface area contributed by atoms with Crippen molar-refractivity contribution in [1.29, 1.82) is 0 Å². The zero-order valence-corrected chi connectivity index (χ0v) is 10.3. The van der Waals surface area contributed by atoms with Crippen LogP contribution in [0.3, 0.4) is 0 Å². The third-order valence-electron chi connectivity index (χ3n) is 2.70. The molecule has 1 N–H and O–H groups in total. The smallest absolute Gasteiger partial charge is 0.331 e. The zero-order chi connectivity index (χ0) is 13.1. The predicted molar refractivity (Wildman–Crippen MR) is 68.8 cm³/mol. The summed E-state index contributed by atoms with van der Waals surface area (Å²) in [5.41, 5.74) is 0.141. The van der Waals surface area contributed by atoms with Gasteiger partial charge in [-0.3, -0.25) is 9.36 Å². The van der Waals surface area contributed by atoms with Crippen molar-refractivity contribution in [2.75, 3.05) is 12.4 Å². The van der Waals surface area contributed by atoms with Crippen molar-refractivity contribution in [1.82, 2.24) is 14.1 Å². The van der Waals surface area contributed by atoms with Crippen molar-refractivity contribution in [2.45, 2.75) is 6.54 Å². The van der Waals surface area contributed by atoms with Crippen molar-refractivity contribution < 1.29 is 0 Å². The van der Waals surface area contributed by atoms with E-state index in [0.29, 0.717) is 5.82 Å². The van der Waals surface area contributed by atoms with E-state index in [9.17, 15) is 9.59 Å². The van der Waals surface area contributed by atoms with E-state index < -0.39 is 0 Å². The van der Waals surface area contributed by atoms with Crippen LogP contribution in [0.15, 0.2) is 40.2 Å².